The van der Waals surface area contributed by atoms with Gasteiger partial charge in [0.15, 0.2) is 0 Å². The lowest BCUT2D eigenvalue weighted by Crippen LogP contribution is -2.22. The zero-order valence-corrected chi connectivity index (χ0v) is 9.78. The fraction of sp³-hybridized carbons (Fsp3) is 0.455. The van der Waals surface area contributed by atoms with Crippen LogP contribution in [0.3, 0.4) is 0 Å². The summed E-state index contributed by atoms with van der Waals surface area (Å²) in [5, 5.41) is 1.38. The average Bonchev–Trinajstić information content (AvgIpc) is 2.10. The molecule has 14 heavy (non-hydrogen) atoms. The number of hydrogen-bond acceptors (Lipinski definition) is 1. The second kappa shape index (κ2) is 5.59. The van der Waals surface area contributed by atoms with Gasteiger partial charge in [-0.05, 0) is 30.5 Å². The number of rotatable bonds is 4. The summed E-state index contributed by atoms with van der Waals surface area (Å²) in [6.45, 7) is 2.13. The molecule has 1 aromatic carbocycles. The van der Waals surface area contributed by atoms with Crippen molar-refractivity contribution in [1.82, 2.24) is 0 Å². The second-order valence-corrected chi connectivity index (χ2v) is 4.33. The highest BCUT2D eigenvalue weighted by molar-refractivity contribution is 6.35. The molecule has 1 nitrogen and oxygen atoms in total. The van der Waals surface area contributed by atoms with E-state index in [-0.39, 0.29) is 6.04 Å². The third kappa shape index (κ3) is 3.49. The highest BCUT2D eigenvalue weighted by atomic mass is 35.5. The van der Waals surface area contributed by atoms with Crippen LogP contribution in [0, 0.1) is 0 Å². The van der Waals surface area contributed by atoms with Crippen molar-refractivity contribution < 1.29 is 0 Å². The zero-order chi connectivity index (χ0) is 10.6. The quantitative estimate of drug-likeness (QED) is 0.842. The van der Waals surface area contributed by atoms with Crippen molar-refractivity contribution in [3.05, 3.63) is 33.8 Å². The van der Waals surface area contributed by atoms with E-state index in [1.807, 2.05) is 12.1 Å². The molecule has 0 fully saturated rings. The lowest BCUT2D eigenvalue weighted by molar-refractivity contribution is 0.600. The minimum Gasteiger partial charge on any atom is -0.327 e. The Kier molecular flexibility index (Phi) is 4.73. The molecule has 0 heterocycles. The largest absolute Gasteiger partial charge is 0.327 e. The first-order chi connectivity index (χ1) is 6.63. The van der Waals surface area contributed by atoms with Crippen LogP contribution in [0.4, 0.5) is 0 Å². The van der Waals surface area contributed by atoms with Crippen LogP contribution >= 0.6 is 23.2 Å². The molecule has 0 radical (unpaired) electrons. The molecule has 0 saturated heterocycles. The van der Waals surface area contributed by atoms with Crippen LogP contribution in [0.2, 0.25) is 10.0 Å². The van der Waals surface area contributed by atoms with Gasteiger partial charge in [0, 0.05) is 16.1 Å². The van der Waals surface area contributed by atoms with Gasteiger partial charge < -0.3 is 5.73 Å². The predicted octanol–water partition coefficient (Wildman–Crippen LogP) is 3.66. The predicted molar refractivity (Wildman–Crippen MR) is 63.0 cm³/mol. The van der Waals surface area contributed by atoms with Crippen LogP contribution in [0.1, 0.15) is 25.3 Å². The Bertz CT molecular complexity index is 299. The van der Waals surface area contributed by atoms with E-state index in [1.165, 1.54) is 0 Å². The third-order valence-corrected chi connectivity index (χ3v) is 2.74. The molecule has 0 aliphatic heterocycles. The second-order valence-electron chi connectivity index (χ2n) is 3.49. The SMILES string of the molecule is CCCC(N)Cc1ccc(Cl)cc1Cl. The third-order valence-electron chi connectivity index (χ3n) is 2.16. The lowest BCUT2D eigenvalue weighted by Gasteiger charge is -2.11. The summed E-state index contributed by atoms with van der Waals surface area (Å²) in [5.74, 6) is 0. The van der Waals surface area contributed by atoms with E-state index >= 15 is 0 Å². The van der Waals surface area contributed by atoms with Gasteiger partial charge in [-0.1, -0.05) is 42.6 Å². The summed E-state index contributed by atoms with van der Waals surface area (Å²) in [6, 6.07) is 5.75. The lowest BCUT2D eigenvalue weighted by atomic mass is 10.0. The molecule has 0 aromatic heterocycles. The standard InChI is InChI=1S/C11H15Cl2N/c1-2-3-10(14)6-8-4-5-9(12)7-11(8)13/h4-5,7,10H,2-3,6,14H2,1H3. The van der Waals surface area contributed by atoms with Crippen molar-refractivity contribution in [2.45, 2.75) is 32.2 Å². The average molecular weight is 232 g/mol. The van der Waals surface area contributed by atoms with E-state index in [4.69, 9.17) is 28.9 Å². The monoisotopic (exact) mass is 231 g/mol. The molecular formula is C11H15Cl2N. The Labute approximate surface area is 95.2 Å². The molecule has 78 valence electrons. The van der Waals surface area contributed by atoms with E-state index < -0.39 is 0 Å². The Morgan fingerprint density at radius 2 is 2.07 bits per heavy atom. The molecule has 1 atom stereocenters. The Hall–Kier alpha value is -0.240. The van der Waals surface area contributed by atoms with Crippen LogP contribution in [0.5, 0.6) is 0 Å². The van der Waals surface area contributed by atoms with Crippen molar-refractivity contribution in [1.29, 1.82) is 0 Å². The van der Waals surface area contributed by atoms with Gasteiger partial charge in [-0.3, -0.25) is 0 Å². The van der Waals surface area contributed by atoms with Crippen LogP contribution in [-0.4, -0.2) is 6.04 Å². The molecule has 0 spiro atoms. The van der Waals surface area contributed by atoms with Crippen LogP contribution in [-0.2, 0) is 6.42 Å². The maximum Gasteiger partial charge on any atom is 0.0453 e. The summed E-state index contributed by atoms with van der Waals surface area (Å²) in [6.07, 6.45) is 2.95. The Morgan fingerprint density at radius 3 is 2.64 bits per heavy atom. The molecule has 2 N–H and O–H groups in total. The molecule has 1 rings (SSSR count). The van der Waals surface area contributed by atoms with Crippen molar-refractivity contribution in [2.24, 2.45) is 5.73 Å². The fourth-order valence-corrected chi connectivity index (χ4v) is 1.93. The highest BCUT2D eigenvalue weighted by Crippen LogP contribution is 2.22. The summed E-state index contributed by atoms with van der Waals surface area (Å²) < 4.78 is 0. The van der Waals surface area contributed by atoms with E-state index in [0.717, 1.165) is 24.8 Å². The van der Waals surface area contributed by atoms with Crippen molar-refractivity contribution in [2.75, 3.05) is 0 Å². The van der Waals surface area contributed by atoms with E-state index in [0.29, 0.717) is 10.0 Å². The Balaban J connectivity index is 2.67. The number of nitrogens with two attached hydrogens (primary N) is 1. The molecule has 1 aromatic rings. The molecule has 0 amide bonds. The van der Waals surface area contributed by atoms with Gasteiger partial charge in [0.25, 0.3) is 0 Å². The van der Waals surface area contributed by atoms with Crippen molar-refractivity contribution in [3.8, 4) is 0 Å². The first-order valence-electron chi connectivity index (χ1n) is 4.83. The molecule has 3 heteroatoms. The minimum absolute atomic E-state index is 0.193. The summed E-state index contributed by atoms with van der Waals surface area (Å²) in [7, 11) is 0. The van der Waals surface area contributed by atoms with Gasteiger partial charge in [-0.2, -0.15) is 0 Å². The number of halogens is 2. The minimum atomic E-state index is 0.193. The summed E-state index contributed by atoms with van der Waals surface area (Å²) in [5.41, 5.74) is 7.01. The van der Waals surface area contributed by atoms with Gasteiger partial charge in [0.2, 0.25) is 0 Å². The van der Waals surface area contributed by atoms with Crippen LogP contribution in [0.25, 0.3) is 0 Å². The number of benzene rings is 1. The molecule has 1 unspecified atom stereocenters. The van der Waals surface area contributed by atoms with Crippen molar-refractivity contribution >= 4 is 23.2 Å². The Morgan fingerprint density at radius 1 is 1.36 bits per heavy atom. The van der Waals surface area contributed by atoms with E-state index in [2.05, 4.69) is 6.92 Å². The van der Waals surface area contributed by atoms with Gasteiger partial charge in [0.05, 0.1) is 0 Å². The molecule has 0 bridgehead atoms. The smallest absolute Gasteiger partial charge is 0.0453 e. The topological polar surface area (TPSA) is 26.0 Å². The van der Waals surface area contributed by atoms with E-state index in [9.17, 15) is 0 Å². The van der Waals surface area contributed by atoms with Gasteiger partial charge in [-0.15, -0.1) is 0 Å². The molecule has 0 saturated carbocycles. The zero-order valence-electron chi connectivity index (χ0n) is 8.26. The summed E-state index contributed by atoms with van der Waals surface area (Å²) in [4.78, 5) is 0. The van der Waals surface area contributed by atoms with Crippen LogP contribution < -0.4 is 5.73 Å². The molecule has 0 aliphatic rings. The van der Waals surface area contributed by atoms with Crippen LogP contribution in [0.15, 0.2) is 18.2 Å². The normalized spacial score (nSPS) is 12.9. The molecule has 0 aliphatic carbocycles. The maximum atomic E-state index is 6.03. The first kappa shape index (κ1) is 11.8. The maximum absolute atomic E-state index is 6.03. The van der Waals surface area contributed by atoms with E-state index in [1.54, 1.807) is 6.07 Å². The highest BCUT2D eigenvalue weighted by Gasteiger charge is 2.06. The summed E-state index contributed by atoms with van der Waals surface area (Å²) >= 11 is 11.8. The molecular weight excluding hydrogens is 217 g/mol. The first-order valence-corrected chi connectivity index (χ1v) is 5.58. The number of hydrogen-bond donors (Lipinski definition) is 1. The fourth-order valence-electron chi connectivity index (χ4n) is 1.44. The van der Waals surface area contributed by atoms with Gasteiger partial charge in [0.1, 0.15) is 0 Å². The van der Waals surface area contributed by atoms with Gasteiger partial charge in [-0.25, -0.2) is 0 Å². The van der Waals surface area contributed by atoms with Gasteiger partial charge >= 0.3 is 0 Å². The van der Waals surface area contributed by atoms with Crippen molar-refractivity contribution in [3.63, 3.8) is 0 Å².